The van der Waals surface area contributed by atoms with Crippen LogP contribution in [0.15, 0.2) is 30.3 Å². The van der Waals surface area contributed by atoms with E-state index in [-0.39, 0.29) is 11.5 Å². The van der Waals surface area contributed by atoms with Crippen molar-refractivity contribution in [2.45, 2.75) is 13.5 Å². The average molecular weight is 294 g/mol. The van der Waals surface area contributed by atoms with Crippen LogP contribution in [-0.2, 0) is 6.54 Å². The van der Waals surface area contributed by atoms with Crippen molar-refractivity contribution in [1.82, 2.24) is 0 Å². The molecule has 0 aliphatic carbocycles. The van der Waals surface area contributed by atoms with E-state index in [1.807, 2.05) is 19.1 Å². The van der Waals surface area contributed by atoms with Gasteiger partial charge in [-0.1, -0.05) is 17.7 Å². The lowest BCUT2D eigenvalue weighted by Crippen LogP contribution is -2.00. The molecule has 4 nitrogen and oxygen atoms in total. The Hall–Kier alpha value is -2.07. The van der Waals surface area contributed by atoms with E-state index in [4.69, 9.17) is 16.3 Å². The van der Waals surface area contributed by atoms with Gasteiger partial charge in [0.05, 0.1) is 7.11 Å². The Kier molecular flexibility index (Phi) is 4.25. The second kappa shape index (κ2) is 5.92. The zero-order valence-corrected chi connectivity index (χ0v) is 12.0. The average Bonchev–Trinajstić information content (AvgIpc) is 2.43. The maximum absolute atomic E-state index is 10.0. The molecule has 0 heterocycles. The summed E-state index contributed by atoms with van der Waals surface area (Å²) in [6.07, 6.45) is 0. The molecule has 5 heteroatoms. The number of anilines is 1. The highest BCUT2D eigenvalue weighted by atomic mass is 35.5. The Morgan fingerprint density at radius 2 is 1.95 bits per heavy atom. The molecular formula is C15H16ClNO3. The highest BCUT2D eigenvalue weighted by molar-refractivity contribution is 6.30. The third-order valence-electron chi connectivity index (χ3n) is 3.03. The lowest BCUT2D eigenvalue weighted by Gasteiger charge is -2.12. The highest BCUT2D eigenvalue weighted by Gasteiger charge is 2.10. The highest BCUT2D eigenvalue weighted by Crippen LogP contribution is 2.34. The number of phenolic OH excluding ortho intramolecular Hbond substituents is 2. The number of hydrogen-bond acceptors (Lipinski definition) is 4. The zero-order valence-electron chi connectivity index (χ0n) is 11.3. The summed E-state index contributed by atoms with van der Waals surface area (Å²) < 4.78 is 5.05. The zero-order chi connectivity index (χ0) is 14.7. The number of halogens is 1. The van der Waals surface area contributed by atoms with Gasteiger partial charge in [0.15, 0.2) is 11.5 Å². The first-order chi connectivity index (χ1) is 9.51. The van der Waals surface area contributed by atoms with Crippen LogP contribution in [-0.4, -0.2) is 17.3 Å². The first-order valence-corrected chi connectivity index (χ1v) is 6.48. The summed E-state index contributed by atoms with van der Waals surface area (Å²) in [4.78, 5) is 0. The summed E-state index contributed by atoms with van der Waals surface area (Å²) in [5.41, 5.74) is 2.18. The summed E-state index contributed by atoms with van der Waals surface area (Å²) in [5.74, 6) is 0.615. The number of hydrogen-bond donors (Lipinski definition) is 3. The second-order valence-electron chi connectivity index (χ2n) is 4.47. The van der Waals surface area contributed by atoms with Crippen molar-refractivity contribution in [2.24, 2.45) is 0 Å². The van der Waals surface area contributed by atoms with Gasteiger partial charge in [-0.25, -0.2) is 0 Å². The van der Waals surface area contributed by atoms with E-state index in [0.717, 1.165) is 11.3 Å². The third-order valence-corrected chi connectivity index (χ3v) is 3.25. The summed E-state index contributed by atoms with van der Waals surface area (Å²) in [7, 11) is 1.47. The van der Waals surface area contributed by atoms with Crippen molar-refractivity contribution in [2.75, 3.05) is 12.4 Å². The van der Waals surface area contributed by atoms with E-state index in [9.17, 15) is 10.2 Å². The Labute approximate surface area is 122 Å². The number of benzene rings is 2. The molecule has 0 bridgehead atoms. The van der Waals surface area contributed by atoms with Crippen LogP contribution in [0, 0.1) is 6.92 Å². The van der Waals surface area contributed by atoms with E-state index < -0.39 is 0 Å². The van der Waals surface area contributed by atoms with Gasteiger partial charge in [-0.2, -0.15) is 0 Å². The van der Waals surface area contributed by atoms with E-state index in [0.29, 0.717) is 22.9 Å². The number of nitrogens with one attached hydrogen (secondary N) is 1. The Bertz CT molecular complexity index is 629. The maximum atomic E-state index is 10.0. The predicted octanol–water partition coefficient (Wildman–Crippen LogP) is 3.68. The van der Waals surface area contributed by atoms with Crippen LogP contribution >= 0.6 is 11.6 Å². The summed E-state index contributed by atoms with van der Waals surface area (Å²) in [6, 6.07) is 8.52. The second-order valence-corrected chi connectivity index (χ2v) is 4.91. The molecule has 2 aromatic rings. The van der Waals surface area contributed by atoms with Gasteiger partial charge >= 0.3 is 0 Å². The van der Waals surface area contributed by atoms with Gasteiger partial charge in [0.25, 0.3) is 0 Å². The normalized spacial score (nSPS) is 10.3. The van der Waals surface area contributed by atoms with Crippen molar-refractivity contribution in [3.8, 4) is 17.2 Å². The molecule has 0 saturated heterocycles. The largest absolute Gasteiger partial charge is 0.508 e. The lowest BCUT2D eigenvalue weighted by atomic mass is 10.1. The molecule has 0 fully saturated rings. The molecule has 0 saturated carbocycles. The number of methoxy groups -OCH3 is 1. The molecule has 0 amide bonds. The van der Waals surface area contributed by atoms with E-state index in [2.05, 4.69) is 5.32 Å². The van der Waals surface area contributed by atoms with Crippen LogP contribution in [0.4, 0.5) is 5.69 Å². The molecule has 0 radical (unpaired) electrons. The van der Waals surface area contributed by atoms with E-state index in [1.54, 1.807) is 18.2 Å². The fraction of sp³-hybridized carbons (Fsp3) is 0.200. The van der Waals surface area contributed by atoms with Gasteiger partial charge in [0.1, 0.15) is 5.75 Å². The Balaban J connectivity index is 2.18. The molecule has 20 heavy (non-hydrogen) atoms. The number of ether oxygens (including phenoxy) is 1. The monoisotopic (exact) mass is 293 g/mol. The SMILES string of the molecule is COc1cc(Cl)cc(CNc2ccc(C)c(O)c2)c1O. The molecule has 0 aliphatic heterocycles. The quantitative estimate of drug-likeness (QED) is 0.805. The van der Waals surface area contributed by atoms with Crippen LogP contribution in [0.5, 0.6) is 17.2 Å². The summed E-state index contributed by atoms with van der Waals surface area (Å²) in [6.45, 7) is 2.19. The van der Waals surface area contributed by atoms with E-state index >= 15 is 0 Å². The molecule has 0 aliphatic rings. The van der Waals surface area contributed by atoms with Gasteiger partial charge in [0, 0.05) is 35.0 Å². The van der Waals surface area contributed by atoms with Crippen molar-refractivity contribution in [3.05, 3.63) is 46.5 Å². The van der Waals surface area contributed by atoms with Crippen molar-refractivity contribution in [1.29, 1.82) is 0 Å². The number of phenols is 2. The molecular weight excluding hydrogens is 278 g/mol. The maximum Gasteiger partial charge on any atom is 0.162 e. The topological polar surface area (TPSA) is 61.7 Å². The van der Waals surface area contributed by atoms with Gasteiger partial charge in [-0.05, 0) is 24.6 Å². The summed E-state index contributed by atoms with van der Waals surface area (Å²) in [5, 5.41) is 23.3. The van der Waals surface area contributed by atoms with Crippen molar-refractivity contribution in [3.63, 3.8) is 0 Å². The van der Waals surface area contributed by atoms with Crippen LogP contribution in [0.2, 0.25) is 5.02 Å². The first kappa shape index (κ1) is 14.3. The van der Waals surface area contributed by atoms with Crippen LogP contribution in [0.25, 0.3) is 0 Å². The molecule has 3 N–H and O–H groups in total. The fourth-order valence-electron chi connectivity index (χ4n) is 1.84. The molecule has 0 unspecified atom stereocenters. The first-order valence-electron chi connectivity index (χ1n) is 6.10. The number of rotatable bonds is 4. The van der Waals surface area contributed by atoms with Gasteiger partial charge in [-0.3, -0.25) is 0 Å². The van der Waals surface area contributed by atoms with Crippen LogP contribution in [0.1, 0.15) is 11.1 Å². The number of aryl methyl sites for hydroxylation is 1. The minimum absolute atomic E-state index is 0.0562. The molecule has 0 spiro atoms. The standard InChI is InChI=1S/C15H16ClNO3/c1-9-3-4-12(7-13(9)18)17-8-10-5-11(16)6-14(20-2)15(10)19/h3-7,17-19H,8H2,1-2H3. The molecule has 0 atom stereocenters. The van der Waals surface area contributed by atoms with Gasteiger partial charge in [0.2, 0.25) is 0 Å². The third kappa shape index (κ3) is 3.08. The van der Waals surface area contributed by atoms with E-state index in [1.165, 1.54) is 7.11 Å². The smallest absolute Gasteiger partial charge is 0.162 e. The molecule has 2 rings (SSSR count). The fourth-order valence-corrected chi connectivity index (χ4v) is 2.07. The molecule has 2 aromatic carbocycles. The Morgan fingerprint density at radius 1 is 1.20 bits per heavy atom. The minimum Gasteiger partial charge on any atom is -0.508 e. The lowest BCUT2D eigenvalue weighted by molar-refractivity contribution is 0.371. The Morgan fingerprint density at radius 3 is 2.60 bits per heavy atom. The molecule has 0 aromatic heterocycles. The number of aromatic hydroxyl groups is 2. The van der Waals surface area contributed by atoms with Crippen LogP contribution in [0.3, 0.4) is 0 Å². The minimum atomic E-state index is 0.0562. The van der Waals surface area contributed by atoms with Gasteiger partial charge in [-0.15, -0.1) is 0 Å². The predicted molar refractivity (Wildman–Crippen MR) is 79.8 cm³/mol. The van der Waals surface area contributed by atoms with Crippen molar-refractivity contribution >= 4 is 17.3 Å². The van der Waals surface area contributed by atoms with Crippen molar-refractivity contribution < 1.29 is 14.9 Å². The molecule has 106 valence electrons. The van der Waals surface area contributed by atoms with Crippen LogP contribution < -0.4 is 10.1 Å². The van der Waals surface area contributed by atoms with Gasteiger partial charge < -0.3 is 20.3 Å². The summed E-state index contributed by atoms with van der Waals surface area (Å²) >= 11 is 5.97.